The molecule has 0 aliphatic heterocycles. The van der Waals surface area contributed by atoms with E-state index in [1.165, 1.54) is 5.56 Å². The molecule has 0 fully saturated rings. The highest BCUT2D eigenvalue weighted by Gasteiger charge is 2.11. The zero-order valence-electron chi connectivity index (χ0n) is 11.6. The van der Waals surface area contributed by atoms with Crippen molar-refractivity contribution in [3.05, 3.63) is 72.1 Å². The van der Waals surface area contributed by atoms with Crippen molar-refractivity contribution in [3.63, 3.8) is 0 Å². The molecule has 0 aliphatic rings. The van der Waals surface area contributed by atoms with Gasteiger partial charge in [0.25, 0.3) is 0 Å². The van der Waals surface area contributed by atoms with Crippen LogP contribution in [0.5, 0.6) is 0 Å². The van der Waals surface area contributed by atoms with E-state index in [4.69, 9.17) is 4.74 Å². The molecule has 2 aromatic carbocycles. The van der Waals surface area contributed by atoms with E-state index in [1.807, 2.05) is 43.4 Å². The molecule has 98 valence electrons. The maximum atomic E-state index is 5.59. The monoisotopic (exact) mass is 253 g/mol. The standard InChI is InChI=1S/C17H19NO/c1-14(15-10-6-4-7-11-15)17(19-3)18(2)16-12-8-5-9-13-16/h4-13H,1-3H3/b17-14+. The van der Waals surface area contributed by atoms with Gasteiger partial charge in [0.2, 0.25) is 0 Å². The number of para-hydroxylation sites is 1. The lowest BCUT2D eigenvalue weighted by Crippen LogP contribution is -2.19. The topological polar surface area (TPSA) is 12.5 Å². The third kappa shape index (κ3) is 2.97. The van der Waals surface area contributed by atoms with Gasteiger partial charge in [0, 0.05) is 18.3 Å². The van der Waals surface area contributed by atoms with Crippen molar-refractivity contribution in [2.24, 2.45) is 0 Å². The molecule has 0 bridgehead atoms. The normalized spacial score (nSPS) is 11.7. The lowest BCUT2D eigenvalue weighted by molar-refractivity contribution is 0.285. The molecule has 19 heavy (non-hydrogen) atoms. The molecular weight excluding hydrogens is 234 g/mol. The Balaban J connectivity index is 2.39. The highest BCUT2D eigenvalue weighted by molar-refractivity contribution is 5.69. The molecule has 0 aromatic heterocycles. The zero-order valence-corrected chi connectivity index (χ0v) is 11.6. The first-order valence-corrected chi connectivity index (χ1v) is 6.33. The molecule has 2 rings (SSSR count). The van der Waals surface area contributed by atoms with E-state index in [0.717, 1.165) is 17.1 Å². The Kier molecular flexibility index (Phi) is 4.24. The highest BCUT2D eigenvalue weighted by atomic mass is 16.5. The predicted octanol–water partition coefficient (Wildman–Crippen LogP) is 4.16. The van der Waals surface area contributed by atoms with Crippen LogP contribution < -0.4 is 4.90 Å². The third-order valence-electron chi connectivity index (χ3n) is 3.17. The lowest BCUT2D eigenvalue weighted by Gasteiger charge is -2.23. The SMILES string of the molecule is CO/C(=C(\C)c1ccccc1)N(C)c1ccccc1. The van der Waals surface area contributed by atoms with Crippen LogP contribution in [-0.2, 0) is 4.74 Å². The number of nitrogens with zero attached hydrogens (tertiary/aromatic N) is 1. The van der Waals surface area contributed by atoms with E-state index >= 15 is 0 Å². The van der Waals surface area contributed by atoms with E-state index in [9.17, 15) is 0 Å². The Bertz CT molecular complexity index is 546. The Morgan fingerprint density at radius 3 is 1.95 bits per heavy atom. The second-order valence-corrected chi connectivity index (χ2v) is 4.39. The Hall–Kier alpha value is -2.22. The molecule has 0 N–H and O–H groups in total. The van der Waals surface area contributed by atoms with Gasteiger partial charge >= 0.3 is 0 Å². The largest absolute Gasteiger partial charge is 0.482 e. The lowest BCUT2D eigenvalue weighted by atomic mass is 10.1. The smallest absolute Gasteiger partial charge is 0.196 e. The summed E-state index contributed by atoms with van der Waals surface area (Å²) >= 11 is 0. The van der Waals surface area contributed by atoms with Crippen LogP contribution >= 0.6 is 0 Å². The van der Waals surface area contributed by atoms with E-state index < -0.39 is 0 Å². The molecule has 2 aromatic rings. The molecule has 0 saturated heterocycles. The van der Waals surface area contributed by atoms with Gasteiger partial charge in [-0.05, 0) is 24.6 Å². The van der Waals surface area contributed by atoms with Crippen molar-refractivity contribution < 1.29 is 4.74 Å². The predicted molar refractivity (Wildman–Crippen MR) is 80.9 cm³/mol. The molecule has 0 saturated carbocycles. The van der Waals surface area contributed by atoms with Crippen LogP contribution in [0, 0.1) is 0 Å². The van der Waals surface area contributed by atoms with Gasteiger partial charge in [-0.3, -0.25) is 0 Å². The fraction of sp³-hybridized carbons (Fsp3) is 0.176. The summed E-state index contributed by atoms with van der Waals surface area (Å²) < 4.78 is 5.59. The highest BCUT2D eigenvalue weighted by Crippen LogP contribution is 2.24. The van der Waals surface area contributed by atoms with E-state index in [0.29, 0.717) is 0 Å². The Morgan fingerprint density at radius 2 is 1.42 bits per heavy atom. The summed E-state index contributed by atoms with van der Waals surface area (Å²) in [5.41, 5.74) is 3.39. The van der Waals surface area contributed by atoms with Crippen molar-refractivity contribution in [1.82, 2.24) is 0 Å². The first-order valence-electron chi connectivity index (χ1n) is 6.33. The van der Waals surface area contributed by atoms with Gasteiger partial charge in [0.05, 0.1) is 7.11 Å². The molecule has 0 amide bonds. The minimum atomic E-state index is 0.859. The van der Waals surface area contributed by atoms with Gasteiger partial charge in [0.1, 0.15) is 0 Å². The van der Waals surface area contributed by atoms with Crippen LogP contribution in [0.4, 0.5) is 5.69 Å². The molecule has 2 nitrogen and oxygen atoms in total. The summed E-state index contributed by atoms with van der Waals surface area (Å²) in [6.45, 7) is 2.08. The fourth-order valence-electron chi connectivity index (χ4n) is 2.12. The molecule has 0 heterocycles. The van der Waals surface area contributed by atoms with Crippen molar-refractivity contribution in [1.29, 1.82) is 0 Å². The first kappa shape index (κ1) is 13.2. The number of hydrogen-bond acceptors (Lipinski definition) is 2. The average molecular weight is 253 g/mol. The van der Waals surface area contributed by atoms with E-state index in [1.54, 1.807) is 7.11 Å². The number of methoxy groups -OCH3 is 1. The molecule has 0 unspecified atom stereocenters. The maximum Gasteiger partial charge on any atom is 0.196 e. The molecule has 0 radical (unpaired) electrons. The van der Waals surface area contributed by atoms with Crippen molar-refractivity contribution >= 4 is 11.3 Å². The first-order chi connectivity index (χ1) is 9.24. The quantitative estimate of drug-likeness (QED) is 0.759. The zero-order chi connectivity index (χ0) is 13.7. The minimum absolute atomic E-state index is 0.859. The number of ether oxygens (including phenoxy) is 1. The number of hydrogen-bond donors (Lipinski definition) is 0. The van der Waals surface area contributed by atoms with Crippen LogP contribution in [0.25, 0.3) is 5.57 Å². The van der Waals surface area contributed by atoms with E-state index in [2.05, 4.69) is 36.1 Å². The summed E-state index contributed by atoms with van der Waals surface area (Å²) in [4.78, 5) is 2.06. The minimum Gasteiger partial charge on any atom is -0.482 e. The summed E-state index contributed by atoms with van der Waals surface area (Å²) in [7, 11) is 3.72. The number of allylic oxidation sites excluding steroid dienone is 1. The molecule has 2 heteroatoms. The number of rotatable bonds is 4. The summed E-state index contributed by atoms with van der Waals surface area (Å²) in [6, 6.07) is 20.5. The second-order valence-electron chi connectivity index (χ2n) is 4.39. The van der Waals surface area contributed by atoms with E-state index in [-0.39, 0.29) is 0 Å². The van der Waals surface area contributed by atoms with Gasteiger partial charge in [-0.1, -0.05) is 48.5 Å². The third-order valence-corrected chi connectivity index (χ3v) is 3.17. The van der Waals surface area contributed by atoms with Crippen LogP contribution in [0.2, 0.25) is 0 Å². The van der Waals surface area contributed by atoms with Crippen LogP contribution in [0.3, 0.4) is 0 Å². The molecule has 0 atom stereocenters. The second kappa shape index (κ2) is 6.10. The van der Waals surface area contributed by atoms with Gasteiger partial charge in [-0.25, -0.2) is 0 Å². The molecular formula is C17H19NO. The Morgan fingerprint density at radius 1 is 0.895 bits per heavy atom. The van der Waals surface area contributed by atoms with Gasteiger partial charge in [-0.2, -0.15) is 0 Å². The van der Waals surface area contributed by atoms with Gasteiger partial charge < -0.3 is 9.64 Å². The Labute approximate surface area is 114 Å². The summed E-state index contributed by atoms with van der Waals surface area (Å²) in [6.07, 6.45) is 0. The summed E-state index contributed by atoms with van der Waals surface area (Å²) in [5, 5.41) is 0. The van der Waals surface area contributed by atoms with Gasteiger partial charge in [0.15, 0.2) is 5.88 Å². The maximum absolute atomic E-state index is 5.59. The van der Waals surface area contributed by atoms with Gasteiger partial charge in [-0.15, -0.1) is 0 Å². The van der Waals surface area contributed by atoms with Crippen molar-refractivity contribution in [2.45, 2.75) is 6.92 Å². The fourth-order valence-corrected chi connectivity index (χ4v) is 2.12. The average Bonchev–Trinajstić information content (AvgIpc) is 2.49. The molecule has 0 aliphatic carbocycles. The van der Waals surface area contributed by atoms with Crippen LogP contribution in [0.1, 0.15) is 12.5 Å². The van der Waals surface area contributed by atoms with Crippen molar-refractivity contribution in [3.8, 4) is 0 Å². The van der Waals surface area contributed by atoms with Crippen LogP contribution in [0.15, 0.2) is 66.5 Å². The molecule has 0 spiro atoms. The summed E-state index contributed by atoms with van der Waals surface area (Å²) in [5.74, 6) is 0.859. The number of benzene rings is 2. The number of anilines is 1. The van der Waals surface area contributed by atoms with Crippen molar-refractivity contribution in [2.75, 3.05) is 19.1 Å². The van der Waals surface area contributed by atoms with Crippen LogP contribution in [-0.4, -0.2) is 14.2 Å².